The van der Waals surface area contributed by atoms with Crippen LogP contribution in [0.2, 0.25) is 0 Å². The molecule has 3 rings (SSSR count). The van der Waals surface area contributed by atoms with Crippen molar-refractivity contribution in [1.29, 1.82) is 0 Å². The minimum absolute atomic E-state index is 0.0252. The van der Waals surface area contributed by atoms with E-state index in [1.807, 2.05) is 31.2 Å². The maximum Gasteiger partial charge on any atom is 0.251 e. The fraction of sp³-hybridized carbons (Fsp3) is 0.462. The minimum atomic E-state index is -0.0252. The summed E-state index contributed by atoms with van der Waals surface area (Å²) in [6.45, 7) is 8.93. The Kier molecular flexibility index (Phi) is 9.11. The van der Waals surface area contributed by atoms with Gasteiger partial charge in [0.25, 0.3) is 5.91 Å². The Morgan fingerprint density at radius 2 is 1.47 bits per heavy atom. The van der Waals surface area contributed by atoms with Crippen molar-refractivity contribution >= 4 is 11.9 Å². The summed E-state index contributed by atoms with van der Waals surface area (Å²) in [6.07, 6.45) is 3.57. The smallest absolute Gasteiger partial charge is 0.251 e. The third-order valence-electron chi connectivity index (χ3n) is 5.98. The second-order valence-electron chi connectivity index (χ2n) is 8.56. The van der Waals surface area contributed by atoms with Gasteiger partial charge in [-0.3, -0.25) is 14.7 Å². The maximum absolute atomic E-state index is 12.2. The molecule has 172 valence electrons. The highest BCUT2D eigenvalue weighted by Gasteiger charge is 2.11. The number of rotatable bonds is 9. The molecule has 6 heteroatoms. The molecule has 3 N–H and O–H groups in total. The summed E-state index contributed by atoms with van der Waals surface area (Å²) in [5, 5.41) is 9.70. The van der Waals surface area contributed by atoms with Crippen LogP contribution in [0.1, 0.15) is 60.2 Å². The van der Waals surface area contributed by atoms with Gasteiger partial charge in [-0.15, -0.1) is 0 Å². The van der Waals surface area contributed by atoms with Gasteiger partial charge in [0.05, 0.1) is 0 Å². The summed E-state index contributed by atoms with van der Waals surface area (Å²) in [6, 6.07) is 16.7. The number of hydrogen-bond donors (Lipinski definition) is 3. The van der Waals surface area contributed by atoms with Crippen LogP contribution in [0.15, 0.2) is 53.5 Å². The van der Waals surface area contributed by atoms with Gasteiger partial charge in [0.2, 0.25) is 0 Å². The number of guanidine groups is 1. The van der Waals surface area contributed by atoms with Crippen molar-refractivity contribution in [2.75, 3.05) is 20.1 Å². The highest BCUT2D eigenvalue weighted by molar-refractivity contribution is 5.94. The number of nitrogens with one attached hydrogen (secondary N) is 3. The molecule has 1 aliphatic rings. The predicted octanol–water partition coefficient (Wildman–Crippen LogP) is 3.68. The Bertz CT molecular complexity index is 870. The van der Waals surface area contributed by atoms with Crippen molar-refractivity contribution in [3.05, 3.63) is 70.8 Å². The van der Waals surface area contributed by atoms with Crippen LogP contribution in [0.5, 0.6) is 0 Å². The van der Waals surface area contributed by atoms with Crippen LogP contribution < -0.4 is 16.0 Å². The molecule has 0 bridgehead atoms. The number of amides is 1. The van der Waals surface area contributed by atoms with Crippen LogP contribution in [0.3, 0.4) is 0 Å². The van der Waals surface area contributed by atoms with Gasteiger partial charge in [-0.2, -0.15) is 0 Å². The van der Waals surface area contributed by atoms with E-state index in [0.29, 0.717) is 12.1 Å². The average molecular weight is 436 g/mol. The van der Waals surface area contributed by atoms with Crippen LogP contribution in [0.25, 0.3) is 0 Å². The maximum atomic E-state index is 12.2. The molecule has 0 radical (unpaired) electrons. The summed E-state index contributed by atoms with van der Waals surface area (Å²) in [5.41, 5.74) is 4.39. The summed E-state index contributed by atoms with van der Waals surface area (Å²) in [5.74, 6) is 0.729. The van der Waals surface area contributed by atoms with Crippen molar-refractivity contribution < 1.29 is 4.79 Å². The number of carbonyl (C=O) groups excluding carboxylic acids is 1. The number of carbonyl (C=O) groups is 1. The van der Waals surface area contributed by atoms with Crippen molar-refractivity contribution in [1.82, 2.24) is 20.9 Å². The van der Waals surface area contributed by atoms with E-state index in [2.05, 4.69) is 57.0 Å². The Labute approximate surface area is 192 Å². The Morgan fingerprint density at radius 1 is 0.938 bits per heavy atom. The molecule has 2 aromatic carbocycles. The monoisotopic (exact) mass is 435 g/mol. The number of nitrogens with zero attached hydrogens (tertiary/aromatic N) is 2. The molecule has 0 saturated carbocycles. The summed E-state index contributed by atoms with van der Waals surface area (Å²) < 4.78 is 0. The van der Waals surface area contributed by atoms with E-state index in [0.717, 1.165) is 31.0 Å². The third-order valence-corrected chi connectivity index (χ3v) is 5.98. The minimum Gasteiger partial charge on any atom is -0.352 e. The summed E-state index contributed by atoms with van der Waals surface area (Å²) >= 11 is 0. The lowest BCUT2D eigenvalue weighted by molar-refractivity contribution is 0.0939. The molecule has 1 saturated heterocycles. The molecule has 1 atom stereocenters. The van der Waals surface area contributed by atoms with E-state index in [4.69, 9.17) is 0 Å². The zero-order valence-electron chi connectivity index (χ0n) is 19.7. The molecule has 32 heavy (non-hydrogen) atoms. The average Bonchev–Trinajstić information content (AvgIpc) is 3.33. The Morgan fingerprint density at radius 3 is 2.00 bits per heavy atom. The first-order valence-electron chi connectivity index (χ1n) is 11.7. The third kappa shape index (κ3) is 7.38. The van der Waals surface area contributed by atoms with Crippen LogP contribution >= 0.6 is 0 Å². The quantitative estimate of drug-likeness (QED) is 0.415. The van der Waals surface area contributed by atoms with Crippen LogP contribution in [0, 0.1) is 0 Å². The highest BCUT2D eigenvalue weighted by Crippen LogP contribution is 2.13. The number of likely N-dealkylation sites (tertiary alicyclic amines) is 1. The van der Waals surface area contributed by atoms with E-state index < -0.39 is 0 Å². The fourth-order valence-electron chi connectivity index (χ4n) is 3.74. The lowest BCUT2D eigenvalue weighted by Gasteiger charge is -2.15. The zero-order valence-corrected chi connectivity index (χ0v) is 19.7. The van der Waals surface area contributed by atoms with E-state index in [1.165, 1.54) is 37.1 Å². The Hall–Kier alpha value is -2.86. The van der Waals surface area contributed by atoms with Gasteiger partial charge >= 0.3 is 0 Å². The lowest BCUT2D eigenvalue weighted by Crippen LogP contribution is -2.36. The molecule has 1 heterocycles. The van der Waals surface area contributed by atoms with E-state index >= 15 is 0 Å². The predicted molar refractivity (Wildman–Crippen MR) is 132 cm³/mol. The van der Waals surface area contributed by atoms with Crippen molar-refractivity contribution in [2.45, 2.75) is 58.8 Å². The standard InChI is InChI=1S/C26H37N5O/c1-4-20(2)30-25(32)24-13-11-22(12-14-24)18-29-26(27-3)28-17-21-7-9-23(10-8-21)19-31-15-5-6-16-31/h7-14,20H,4-6,15-19H2,1-3H3,(H,30,32)(H2,27,28,29). The summed E-state index contributed by atoms with van der Waals surface area (Å²) in [4.78, 5) is 19.0. The normalized spacial score (nSPS) is 15.4. The van der Waals surface area contributed by atoms with E-state index in [9.17, 15) is 4.79 Å². The van der Waals surface area contributed by atoms with E-state index in [1.54, 1.807) is 7.05 Å². The number of aliphatic imine (C=N–C) groups is 1. The lowest BCUT2D eigenvalue weighted by atomic mass is 10.1. The molecule has 6 nitrogen and oxygen atoms in total. The largest absolute Gasteiger partial charge is 0.352 e. The molecule has 1 amide bonds. The molecule has 0 aromatic heterocycles. The molecular formula is C26H37N5O. The van der Waals surface area contributed by atoms with Gasteiger partial charge in [-0.1, -0.05) is 43.3 Å². The van der Waals surface area contributed by atoms with Gasteiger partial charge in [0.1, 0.15) is 0 Å². The van der Waals surface area contributed by atoms with Gasteiger partial charge in [0.15, 0.2) is 5.96 Å². The number of hydrogen-bond acceptors (Lipinski definition) is 3. The van der Waals surface area contributed by atoms with Crippen LogP contribution in [-0.4, -0.2) is 42.9 Å². The van der Waals surface area contributed by atoms with Gasteiger partial charge in [-0.05, 0) is 68.1 Å². The van der Waals surface area contributed by atoms with Crippen LogP contribution in [0.4, 0.5) is 0 Å². The molecule has 1 fully saturated rings. The van der Waals surface area contributed by atoms with Gasteiger partial charge in [0, 0.05) is 38.3 Å². The first-order valence-corrected chi connectivity index (χ1v) is 11.7. The number of benzene rings is 2. The zero-order chi connectivity index (χ0) is 22.8. The highest BCUT2D eigenvalue weighted by atomic mass is 16.1. The molecule has 1 aliphatic heterocycles. The molecule has 0 aliphatic carbocycles. The van der Waals surface area contributed by atoms with Gasteiger partial charge < -0.3 is 16.0 Å². The Balaban J connectivity index is 1.43. The van der Waals surface area contributed by atoms with Crippen LogP contribution in [-0.2, 0) is 19.6 Å². The van der Waals surface area contributed by atoms with Crippen molar-refractivity contribution in [3.63, 3.8) is 0 Å². The topological polar surface area (TPSA) is 68.8 Å². The molecule has 1 unspecified atom stereocenters. The molecule has 2 aromatic rings. The van der Waals surface area contributed by atoms with Crippen molar-refractivity contribution in [2.24, 2.45) is 4.99 Å². The van der Waals surface area contributed by atoms with Crippen molar-refractivity contribution in [3.8, 4) is 0 Å². The van der Waals surface area contributed by atoms with E-state index in [-0.39, 0.29) is 11.9 Å². The second kappa shape index (κ2) is 12.2. The fourth-order valence-corrected chi connectivity index (χ4v) is 3.74. The van der Waals surface area contributed by atoms with Gasteiger partial charge in [-0.25, -0.2) is 0 Å². The molecular weight excluding hydrogens is 398 g/mol. The second-order valence-corrected chi connectivity index (χ2v) is 8.56. The SMILES string of the molecule is CCC(C)NC(=O)c1ccc(CNC(=NC)NCc2ccc(CN3CCCC3)cc2)cc1. The molecule has 0 spiro atoms. The summed E-state index contributed by atoms with van der Waals surface area (Å²) in [7, 11) is 1.77. The first kappa shape index (κ1) is 23.8. The first-order chi connectivity index (χ1) is 15.6.